The Hall–Kier alpha value is -0.550. The lowest BCUT2D eigenvalue weighted by Gasteiger charge is -1.97. The summed E-state index contributed by atoms with van der Waals surface area (Å²) in [5.41, 5.74) is 0. The van der Waals surface area contributed by atoms with Gasteiger partial charge >= 0.3 is 0 Å². The van der Waals surface area contributed by atoms with Crippen molar-refractivity contribution >= 4 is 11.8 Å². The zero-order valence-electron chi connectivity index (χ0n) is 7.27. The van der Waals surface area contributed by atoms with Gasteiger partial charge in [0.2, 0.25) is 5.89 Å². The summed E-state index contributed by atoms with van der Waals surface area (Å²) in [6.07, 6.45) is 1.62. The van der Waals surface area contributed by atoms with E-state index in [2.05, 4.69) is 10.1 Å². The minimum Gasteiger partial charge on any atom is -0.396 e. The van der Waals surface area contributed by atoms with Crippen LogP contribution in [0.15, 0.2) is 4.52 Å². The molecule has 1 atom stereocenters. The lowest BCUT2D eigenvalue weighted by Crippen LogP contribution is -1.98. The number of hydrogen-bond acceptors (Lipinski definition) is 5. The zero-order valence-corrected chi connectivity index (χ0v) is 8.09. The number of rotatable bonds is 3. The van der Waals surface area contributed by atoms with Crippen LogP contribution in [-0.4, -0.2) is 33.4 Å². The van der Waals surface area contributed by atoms with E-state index < -0.39 is 0 Å². The fraction of sp³-hybridized carbons (Fsp3) is 0.750. The van der Waals surface area contributed by atoms with Gasteiger partial charge in [-0.05, 0) is 12.2 Å². The highest BCUT2D eigenvalue weighted by atomic mass is 32.2. The molecule has 1 aromatic heterocycles. The molecule has 0 bridgehead atoms. The second-order valence-electron chi connectivity index (χ2n) is 3.08. The van der Waals surface area contributed by atoms with Crippen molar-refractivity contribution in [2.75, 3.05) is 18.1 Å². The molecule has 1 fully saturated rings. The molecule has 5 heteroatoms. The maximum Gasteiger partial charge on any atom is 0.230 e. The van der Waals surface area contributed by atoms with Crippen LogP contribution in [0, 0.1) is 0 Å². The van der Waals surface area contributed by atoms with Crippen LogP contribution in [0.1, 0.15) is 24.1 Å². The van der Waals surface area contributed by atoms with Crippen LogP contribution in [0.5, 0.6) is 0 Å². The first-order valence-corrected chi connectivity index (χ1v) is 5.56. The van der Waals surface area contributed by atoms with Crippen molar-refractivity contribution in [2.24, 2.45) is 0 Å². The topological polar surface area (TPSA) is 59.2 Å². The molecule has 0 amide bonds. The Bertz CT molecular complexity index is 271. The van der Waals surface area contributed by atoms with Gasteiger partial charge in [-0.15, -0.1) is 0 Å². The maximum atomic E-state index is 8.67. The van der Waals surface area contributed by atoms with Gasteiger partial charge in [0.1, 0.15) is 0 Å². The van der Waals surface area contributed by atoms with E-state index >= 15 is 0 Å². The van der Waals surface area contributed by atoms with Crippen molar-refractivity contribution < 1.29 is 9.63 Å². The van der Waals surface area contributed by atoms with Crippen molar-refractivity contribution in [3.05, 3.63) is 11.7 Å². The molecule has 2 rings (SSSR count). The summed E-state index contributed by atoms with van der Waals surface area (Å²) in [5.74, 6) is 4.07. The van der Waals surface area contributed by atoms with Crippen LogP contribution in [-0.2, 0) is 6.42 Å². The molecule has 13 heavy (non-hydrogen) atoms. The second kappa shape index (κ2) is 4.11. The molecule has 0 aromatic carbocycles. The summed E-state index contributed by atoms with van der Waals surface area (Å²) < 4.78 is 5.12. The molecular weight excluding hydrogens is 188 g/mol. The number of thioether (sulfide) groups is 1. The Morgan fingerprint density at radius 1 is 1.62 bits per heavy atom. The Labute approximate surface area is 80.7 Å². The van der Waals surface area contributed by atoms with E-state index in [-0.39, 0.29) is 6.61 Å². The molecule has 0 saturated carbocycles. The zero-order chi connectivity index (χ0) is 9.10. The fourth-order valence-electron chi connectivity index (χ4n) is 1.36. The molecule has 1 aliphatic heterocycles. The molecule has 1 N–H and O–H groups in total. The van der Waals surface area contributed by atoms with Crippen molar-refractivity contribution in [1.29, 1.82) is 0 Å². The molecule has 0 radical (unpaired) electrons. The van der Waals surface area contributed by atoms with Crippen LogP contribution >= 0.6 is 11.8 Å². The highest BCUT2D eigenvalue weighted by Crippen LogP contribution is 2.31. The largest absolute Gasteiger partial charge is 0.396 e. The average Bonchev–Trinajstić information content (AvgIpc) is 2.70. The van der Waals surface area contributed by atoms with Gasteiger partial charge in [-0.25, -0.2) is 0 Å². The Kier molecular flexibility index (Phi) is 2.85. The molecule has 2 heterocycles. The second-order valence-corrected chi connectivity index (χ2v) is 4.23. The van der Waals surface area contributed by atoms with Crippen LogP contribution in [0.25, 0.3) is 0 Å². The third kappa shape index (κ3) is 2.03. The van der Waals surface area contributed by atoms with Gasteiger partial charge < -0.3 is 9.63 Å². The van der Waals surface area contributed by atoms with E-state index in [1.807, 2.05) is 11.8 Å². The third-order valence-corrected chi connectivity index (χ3v) is 3.26. The number of aromatic nitrogens is 2. The van der Waals surface area contributed by atoms with Gasteiger partial charge in [-0.2, -0.15) is 16.7 Å². The Balaban J connectivity index is 2.03. The van der Waals surface area contributed by atoms with Crippen LogP contribution < -0.4 is 0 Å². The summed E-state index contributed by atoms with van der Waals surface area (Å²) in [7, 11) is 0. The first-order chi connectivity index (χ1) is 6.40. The fourth-order valence-corrected chi connectivity index (χ4v) is 2.58. The highest BCUT2D eigenvalue weighted by Gasteiger charge is 2.23. The molecule has 1 aliphatic rings. The highest BCUT2D eigenvalue weighted by molar-refractivity contribution is 7.99. The smallest absolute Gasteiger partial charge is 0.230 e. The van der Waals surface area contributed by atoms with Gasteiger partial charge in [0.05, 0.1) is 6.61 Å². The van der Waals surface area contributed by atoms with Crippen LogP contribution in [0.4, 0.5) is 0 Å². The van der Waals surface area contributed by atoms with E-state index in [1.165, 1.54) is 5.75 Å². The van der Waals surface area contributed by atoms with Gasteiger partial charge in [-0.1, -0.05) is 5.16 Å². The standard InChI is InChI=1S/C8H12N2O2S/c11-3-1-7-9-8(12-10-7)6-2-4-13-5-6/h6,11H,1-5H2. The molecule has 4 nitrogen and oxygen atoms in total. The lowest BCUT2D eigenvalue weighted by molar-refractivity contribution is 0.292. The van der Waals surface area contributed by atoms with E-state index in [1.54, 1.807) is 0 Å². The van der Waals surface area contributed by atoms with E-state index in [0.29, 0.717) is 18.2 Å². The summed E-state index contributed by atoms with van der Waals surface area (Å²) >= 11 is 1.92. The summed E-state index contributed by atoms with van der Waals surface area (Å²) in [4.78, 5) is 4.23. The predicted octanol–water partition coefficient (Wildman–Crippen LogP) is 0.825. The molecule has 1 saturated heterocycles. The van der Waals surface area contributed by atoms with Crippen LogP contribution in [0.3, 0.4) is 0 Å². The van der Waals surface area contributed by atoms with Gasteiger partial charge in [0, 0.05) is 18.1 Å². The summed E-state index contributed by atoms with van der Waals surface area (Å²) in [6, 6.07) is 0. The first-order valence-electron chi connectivity index (χ1n) is 4.41. The Morgan fingerprint density at radius 2 is 2.54 bits per heavy atom. The molecule has 1 unspecified atom stereocenters. The van der Waals surface area contributed by atoms with Crippen molar-refractivity contribution in [1.82, 2.24) is 10.1 Å². The minimum atomic E-state index is 0.0817. The Morgan fingerprint density at radius 3 is 3.23 bits per heavy atom. The number of nitrogens with zero attached hydrogens (tertiary/aromatic N) is 2. The lowest BCUT2D eigenvalue weighted by atomic mass is 10.1. The van der Waals surface area contributed by atoms with E-state index in [0.717, 1.165) is 18.1 Å². The van der Waals surface area contributed by atoms with E-state index in [9.17, 15) is 0 Å². The SMILES string of the molecule is OCCc1noc(C2CCSC2)n1. The summed E-state index contributed by atoms with van der Waals surface area (Å²) in [5, 5.41) is 12.5. The van der Waals surface area contributed by atoms with E-state index in [4.69, 9.17) is 9.63 Å². The minimum absolute atomic E-state index is 0.0817. The summed E-state index contributed by atoms with van der Waals surface area (Å²) in [6.45, 7) is 0.0817. The quantitative estimate of drug-likeness (QED) is 0.783. The monoisotopic (exact) mass is 200 g/mol. The predicted molar refractivity (Wildman–Crippen MR) is 49.8 cm³/mol. The van der Waals surface area contributed by atoms with Gasteiger partial charge in [0.15, 0.2) is 5.82 Å². The van der Waals surface area contributed by atoms with Gasteiger partial charge in [0.25, 0.3) is 0 Å². The molecular formula is C8H12N2O2S. The third-order valence-electron chi connectivity index (χ3n) is 2.10. The molecule has 1 aromatic rings. The normalized spacial score (nSPS) is 22.4. The first kappa shape index (κ1) is 9.02. The molecule has 0 aliphatic carbocycles. The number of aliphatic hydroxyl groups is 1. The maximum absolute atomic E-state index is 8.67. The van der Waals surface area contributed by atoms with Crippen molar-refractivity contribution in [3.8, 4) is 0 Å². The van der Waals surface area contributed by atoms with Crippen LogP contribution in [0.2, 0.25) is 0 Å². The van der Waals surface area contributed by atoms with Crippen molar-refractivity contribution in [3.63, 3.8) is 0 Å². The van der Waals surface area contributed by atoms with Crippen molar-refractivity contribution in [2.45, 2.75) is 18.8 Å². The number of hydrogen-bond donors (Lipinski definition) is 1. The number of aliphatic hydroxyl groups excluding tert-OH is 1. The van der Waals surface area contributed by atoms with Gasteiger partial charge in [-0.3, -0.25) is 0 Å². The molecule has 72 valence electrons. The average molecular weight is 200 g/mol. The molecule has 0 spiro atoms.